The quantitative estimate of drug-likeness (QED) is 0.859. The lowest BCUT2D eigenvalue weighted by Gasteiger charge is -2.38. The lowest BCUT2D eigenvalue weighted by molar-refractivity contribution is -0.148. The van der Waals surface area contributed by atoms with Gasteiger partial charge in [-0.1, -0.05) is 0 Å². The molecule has 2 heterocycles. The first-order valence-electron chi connectivity index (χ1n) is 8.29. The highest BCUT2D eigenvalue weighted by Gasteiger charge is 2.34. The highest BCUT2D eigenvalue weighted by Crippen LogP contribution is 2.29. The molecule has 21 heavy (non-hydrogen) atoms. The molecule has 3 nitrogen and oxygen atoms in total. The van der Waals surface area contributed by atoms with Crippen molar-refractivity contribution in [1.82, 2.24) is 15.1 Å². The Morgan fingerprint density at radius 3 is 1.81 bits per heavy atom. The van der Waals surface area contributed by atoms with Crippen LogP contribution in [0.3, 0.4) is 0 Å². The summed E-state index contributed by atoms with van der Waals surface area (Å²) in [5.74, 6) is 0. The molecule has 1 N–H and O–H groups in total. The predicted octanol–water partition coefficient (Wildman–Crippen LogP) is 2.23. The summed E-state index contributed by atoms with van der Waals surface area (Å²) in [7, 11) is 0. The smallest absolute Gasteiger partial charge is 0.311 e. The fraction of sp³-hybridized carbons (Fsp3) is 1.00. The Labute approximate surface area is 124 Å². The molecule has 1 saturated carbocycles. The normalized spacial score (nSPS) is 28.1. The molecule has 0 atom stereocenters. The second-order valence-electron chi connectivity index (χ2n) is 6.87. The van der Waals surface area contributed by atoms with Gasteiger partial charge in [0.25, 0.3) is 0 Å². The first-order chi connectivity index (χ1) is 9.99. The Morgan fingerprint density at radius 2 is 1.33 bits per heavy atom. The van der Waals surface area contributed by atoms with Gasteiger partial charge in [0.1, 0.15) is 0 Å². The minimum Gasteiger partial charge on any atom is -0.311 e. The van der Waals surface area contributed by atoms with Crippen LogP contribution < -0.4 is 5.32 Å². The van der Waals surface area contributed by atoms with Gasteiger partial charge in [0.15, 0.2) is 0 Å². The molecule has 0 aromatic carbocycles. The van der Waals surface area contributed by atoms with Gasteiger partial charge in [-0.3, -0.25) is 4.90 Å². The Bertz CT molecular complexity index is 328. The Balaban J connectivity index is 1.34. The number of piperidine rings is 2. The van der Waals surface area contributed by atoms with E-state index in [9.17, 15) is 13.2 Å². The highest BCUT2D eigenvalue weighted by atomic mass is 19.4. The molecule has 3 rings (SSSR count). The molecule has 0 bridgehead atoms. The lowest BCUT2D eigenvalue weighted by atomic mass is 9.99. The number of halogens is 3. The summed E-state index contributed by atoms with van der Waals surface area (Å²) in [4.78, 5) is 4.14. The van der Waals surface area contributed by atoms with Crippen LogP contribution >= 0.6 is 0 Å². The van der Waals surface area contributed by atoms with E-state index in [1.54, 1.807) is 0 Å². The van der Waals surface area contributed by atoms with Crippen LogP contribution in [0.25, 0.3) is 0 Å². The molecular weight excluding hydrogens is 279 g/mol. The van der Waals surface area contributed by atoms with Crippen molar-refractivity contribution in [1.29, 1.82) is 0 Å². The molecule has 0 unspecified atom stereocenters. The van der Waals surface area contributed by atoms with Gasteiger partial charge in [0.2, 0.25) is 0 Å². The third kappa shape index (κ3) is 4.83. The SMILES string of the molecule is FC(F)(F)CN1CCC(NC2CCN(C3CC3)CC2)CC1. The summed E-state index contributed by atoms with van der Waals surface area (Å²) < 4.78 is 37.1. The summed E-state index contributed by atoms with van der Waals surface area (Å²) >= 11 is 0. The lowest BCUT2D eigenvalue weighted by Crippen LogP contribution is -2.51. The summed E-state index contributed by atoms with van der Waals surface area (Å²) in [6, 6.07) is 1.84. The molecule has 2 saturated heterocycles. The van der Waals surface area contributed by atoms with E-state index < -0.39 is 12.7 Å². The molecule has 3 aliphatic rings. The number of hydrogen-bond donors (Lipinski definition) is 1. The number of nitrogens with zero attached hydrogens (tertiary/aromatic N) is 2. The van der Waals surface area contributed by atoms with Crippen LogP contribution in [-0.4, -0.2) is 66.8 Å². The number of nitrogens with one attached hydrogen (secondary N) is 1. The van der Waals surface area contributed by atoms with Crippen LogP contribution in [-0.2, 0) is 0 Å². The number of alkyl halides is 3. The third-order valence-corrected chi connectivity index (χ3v) is 5.05. The first kappa shape index (κ1) is 15.6. The van der Waals surface area contributed by atoms with E-state index in [4.69, 9.17) is 0 Å². The van der Waals surface area contributed by atoms with E-state index in [1.807, 2.05) is 0 Å². The molecular formula is C15H26F3N3. The minimum absolute atomic E-state index is 0.409. The Kier molecular flexibility index (Phi) is 4.76. The Hall–Kier alpha value is -0.330. The summed E-state index contributed by atoms with van der Waals surface area (Å²) in [5.41, 5.74) is 0. The summed E-state index contributed by atoms with van der Waals surface area (Å²) in [6.07, 6.45) is 2.76. The molecule has 1 aliphatic carbocycles. The van der Waals surface area contributed by atoms with Gasteiger partial charge in [-0.2, -0.15) is 13.2 Å². The van der Waals surface area contributed by atoms with E-state index >= 15 is 0 Å². The molecule has 0 aromatic rings. The maximum absolute atomic E-state index is 12.4. The first-order valence-corrected chi connectivity index (χ1v) is 8.29. The average Bonchev–Trinajstić information content (AvgIpc) is 3.25. The van der Waals surface area contributed by atoms with Gasteiger partial charge in [0, 0.05) is 18.1 Å². The molecule has 122 valence electrons. The van der Waals surface area contributed by atoms with Crippen LogP contribution in [0.15, 0.2) is 0 Å². The van der Waals surface area contributed by atoms with Crippen molar-refractivity contribution in [2.45, 2.75) is 62.8 Å². The number of likely N-dealkylation sites (tertiary alicyclic amines) is 2. The molecule has 0 spiro atoms. The third-order valence-electron chi connectivity index (χ3n) is 5.05. The van der Waals surface area contributed by atoms with Crippen LogP contribution in [0.4, 0.5) is 13.2 Å². The van der Waals surface area contributed by atoms with Gasteiger partial charge in [-0.25, -0.2) is 0 Å². The second kappa shape index (κ2) is 6.42. The van der Waals surface area contributed by atoms with Crippen molar-refractivity contribution in [3.05, 3.63) is 0 Å². The monoisotopic (exact) mass is 305 g/mol. The van der Waals surface area contributed by atoms with Crippen molar-refractivity contribution in [2.75, 3.05) is 32.7 Å². The zero-order valence-corrected chi connectivity index (χ0v) is 12.5. The van der Waals surface area contributed by atoms with E-state index in [1.165, 1.54) is 43.7 Å². The van der Waals surface area contributed by atoms with Crippen molar-refractivity contribution in [3.63, 3.8) is 0 Å². The molecule has 2 aliphatic heterocycles. The maximum Gasteiger partial charge on any atom is 0.401 e. The van der Waals surface area contributed by atoms with E-state index in [-0.39, 0.29) is 0 Å². The van der Waals surface area contributed by atoms with Crippen molar-refractivity contribution in [3.8, 4) is 0 Å². The van der Waals surface area contributed by atoms with E-state index in [0.717, 1.165) is 18.9 Å². The molecule has 0 amide bonds. The van der Waals surface area contributed by atoms with Crippen LogP contribution in [0, 0.1) is 0 Å². The number of rotatable bonds is 4. The van der Waals surface area contributed by atoms with Gasteiger partial charge < -0.3 is 10.2 Å². The van der Waals surface area contributed by atoms with E-state index in [2.05, 4.69) is 10.2 Å². The van der Waals surface area contributed by atoms with E-state index in [0.29, 0.717) is 25.2 Å². The van der Waals surface area contributed by atoms with Crippen molar-refractivity contribution >= 4 is 0 Å². The summed E-state index contributed by atoms with van der Waals surface area (Å²) in [6.45, 7) is 2.76. The number of hydrogen-bond acceptors (Lipinski definition) is 3. The molecule has 3 fully saturated rings. The minimum atomic E-state index is -4.06. The van der Waals surface area contributed by atoms with Crippen LogP contribution in [0.1, 0.15) is 38.5 Å². The van der Waals surface area contributed by atoms with Crippen molar-refractivity contribution in [2.24, 2.45) is 0 Å². The second-order valence-corrected chi connectivity index (χ2v) is 6.87. The molecule has 0 aromatic heterocycles. The van der Waals surface area contributed by atoms with Gasteiger partial charge >= 0.3 is 6.18 Å². The zero-order valence-electron chi connectivity index (χ0n) is 12.5. The summed E-state index contributed by atoms with van der Waals surface area (Å²) in [5, 5.41) is 3.69. The highest BCUT2D eigenvalue weighted by molar-refractivity contribution is 4.90. The maximum atomic E-state index is 12.4. The topological polar surface area (TPSA) is 18.5 Å². The van der Waals surface area contributed by atoms with Gasteiger partial charge in [0.05, 0.1) is 6.54 Å². The fourth-order valence-corrected chi connectivity index (χ4v) is 3.72. The fourth-order valence-electron chi connectivity index (χ4n) is 3.72. The van der Waals surface area contributed by atoms with Crippen LogP contribution in [0.2, 0.25) is 0 Å². The van der Waals surface area contributed by atoms with Crippen molar-refractivity contribution < 1.29 is 13.2 Å². The Morgan fingerprint density at radius 1 is 0.810 bits per heavy atom. The standard InChI is InChI=1S/C15H26F3N3/c16-15(17,18)11-20-7-3-12(4-8-20)19-13-5-9-21(10-6-13)14-1-2-14/h12-14,19H,1-11H2. The molecule has 0 radical (unpaired) electrons. The molecule has 6 heteroatoms. The van der Waals surface area contributed by atoms with Crippen LogP contribution in [0.5, 0.6) is 0 Å². The van der Waals surface area contributed by atoms with Gasteiger partial charge in [-0.05, 0) is 64.7 Å². The largest absolute Gasteiger partial charge is 0.401 e. The average molecular weight is 305 g/mol. The zero-order chi connectivity index (χ0) is 14.9. The van der Waals surface area contributed by atoms with Gasteiger partial charge in [-0.15, -0.1) is 0 Å². The predicted molar refractivity (Wildman–Crippen MR) is 76.3 cm³/mol.